The molecule has 0 atom stereocenters. The van der Waals surface area contributed by atoms with E-state index in [4.69, 9.17) is 0 Å². The van der Waals surface area contributed by atoms with Crippen molar-refractivity contribution in [3.8, 4) is 11.1 Å². The second kappa shape index (κ2) is 2.48. The second-order valence-electron chi connectivity index (χ2n) is 3.29. The molecule has 2 aliphatic rings. The van der Waals surface area contributed by atoms with Gasteiger partial charge in [-0.25, -0.2) is 0 Å². The van der Waals surface area contributed by atoms with E-state index in [1.54, 1.807) is 12.4 Å². The standard InChI is InChI=1S/C11H8N2O/c14-11-8-2-4-13-10(8)5-7-1-3-12-6-9(7)11/h1-6,12-13H. The number of fused-ring (bicyclic) bond motifs is 2. The van der Waals surface area contributed by atoms with Crippen molar-refractivity contribution in [1.29, 1.82) is 0 Å². The first kappa shape index (κ1) is 7.38. The maximum atomic E-state index is 11.9. The molecule has 1 aliphatic carbocycles. The number of aromatic amines is 2. The Hall–Kier alpha value is -2.03. The largest absolute Gasteiger partial charge is 0.367 e. The van der Waals surface area contributed by atoms with Crippen LogP contribution in [0.25, 0.3) is 22.0 Å². The summed E-state index contributed by atoms with van der Waals surface area (Å²) < 4.78 is 0. The summed E-state index contributed by atoms with van der Waals surface area (Å²) in [7, 11) is 0. The summed E-state index contributed by atoms with van der Waals surface area (Å²) in [5.74, 6) is 0. The molecule has 3 heteroatoms. The zero-order valence-corrected chi connectivity index (χ0v) is 7.37. The van der Waals surface area contributed by atoms with E-state index in [2.05, 4.69) is 9.97 Å². The van der Waals surface area contributed by atoms with E-state index in [0.29, 0.717) is 0 Å². The van der Waals surface area contributed by atoms with E-state index in [0.717, 1.165) is 22.0 Å². The number of rotatable bonds is 0. The van der Waals surface area contributed by atoms with Crippen molar-refractivity contribution >= 4 is 10.9 Å². The van der Waals surface area contributed by atoms with Crippen molar-refractivity contribution in [1.82, 2.24) is 9.97 Å². The number of hydrogen-bond donors (Lipinski definition) is 2. The highest BCUT2D eigenvalue weighted by Crippen LogP contribution is 2.20. The lowest BCUT2D eigenvalue weighted by atomic mass is 10.0. The van der Waals surface area contributed by atoms with E-state index >= 15 is 0 Å². The number of H-pyrrole nitrogens is 2. The molecule has 0 unspecified atom stereocenters. The topological polar surface area (TPSA) is 48.6 Å². The van der Waals surface area contributed by atoms with E-state index in [-0.39, 0.29) is 5.43 Å². The van der Waals surface area contributed by atoms with E-state index < -0.39 is 0 Å². The maximum Gasteiger partial charge on any atom is 0.197 e. The van der Waals surface area contributed by atoms with Crippen LogP contribution in [0.2, 0.25) is 0 Å². The van der Waals surface area contributed by atoms with Gasteiger partial charge in [0, 0.05) is 35.1 Å². The quantitative estimate of drug-likeness (QED) is 0.551. The molecule has 3 rings (SSSR count). The molecule has 0 spiro atoms. The van der Waals surface area contributed by atoms with Gasteiger partial charge in [0.05, 0.1) is 0 Å². The Kier molecular flexibility index (Phi) is 1.31. The molecular formula is C11H8N2O. The number of pyridine rings is 1. The number of benzene rings is 1. The third kappa shape index (κ3) is 0.836. The average molecular weight is 184 g/mol. The predicted octanol–water partition coefficient (Wildman–Crippen LogP) is 1.96. The Labute approximate surface area is 79.7 Å². The fraction of sp³-hybridized carbons (Fsp3) is 0. The fourth-order valence-corrected chi connectivity index (χ4v) is 1.77. The minimum Gasteiger partial charge on any atom is -0.367 e. The van der Waals surface area contributed by atoms with Crippen LogP contribution < -0.4 is 5.43 Å². The molecule has 14 heavy (non-hydrogen) atoms. The van der Waals surface area contributed by atoms with Gasteiger partial charge >= 0.3 is 0 Å². The summed E-state index contributed by atoms with van der Waals surface area (Å²) >= 11 is 0. The fourth-order valence-electron chi connectivity index (χ4n) is 1.77. The van der Waals surface area contributed by atoms with Crippen LogP contribution >= 0.6 is 0 Å². The summed E-state index contributed by atoms with van der Waals surface area (Å²) in [6.07, 6.45) is 5.34. The minimum atomic E-state index is 0.0793. The molecule has 0 aromatic carbocycles. The molecule has 1 aliphatic heterocycles. The van der Waals surface area contributed by atoms with Crippen LogP contribution in [0.5, 0.6) is 0 Å². The summed E-state index contributed by atoms with van der Waals surface area (Å²) in [4.78, 5) is 17.9. The summed E-state index contributed by atoms with van der Waals surface area (Å²) in [5, 5.41) is 0.747. The lowest BCUT2D eigenvalue weighted by Crippen LogP contribution is -2.05. The van der Waals surface area contributed by atoms with Crippen molar-refractivity contribution in [3.63, 3.8) is 0 Å². The van der Waals surface area contributed by atoms with Gasteiger partial charge in [0.1, 0.15) is 0 Å². The Morgan fingerprint density at radius 1 is 1.14 bits per heavy atom. The van der Waals surface area contributed by atoms with Crippen LogP contribution in [0.15, 0.2) is 41.6 Å². The molecule has 3 nitrogen and oxygen atoms in total. The molecule has 0 radical (unpaired) electrons. The van der Waals surface area contributed by atoms with Gasteiger partial charge in [-0.2, -0.15) is 0 Å². The van der Waals surface area contributed by atoms with Crippen LogP contribution in [-0.4, -0.2) is 9.97 Å². The third-order valence-corrected chi connectivity index (χ3v) is 2.47. The van der Waals surface area contributed by atoms with Gasteiger partial charge < -0.3 is 9.97 Å². The van der Waals surface area contributed by atoms with Crippen molar-refractivity contribution in [3.05, 3.63) is 47.0 Å². The van der Waals surface area contributed by atoms with Gasteiger partial charge in [-0.3, -0.25) is 4.79 Å². The molecule has 2 N–H and O–H groups in total. The highest BCUT2D eigenvalue weighted by Gasteiger charge is 2.09. The molecule has 0 bridgehead atoms. The van der Waals surface area contributed by atoms with Crippen LogP contribution in [0, 0.1) is 0 Å². The molecule has 0 amide bonds. The van der Waals surface area contributed by atoms with Crippen molar-refractivity contribution < 1.29 is 0 Å². The first-order chi connectivity index (χ1) is 6.86. The SMILES string of the molecule is O=c1c2c[nH]ccc-2cc2[nH]ccc12. The monoisotopic (exact) mass is 184 g/mol. The van der Waals surface area contributed by atoms with Crippen molar-refractivity contribution in [2.24, 2.45) is 0 Å². The predicted molar refractivity (Wildman–Crippen MR) is 55.5 cm³/mol. The normalized spacial score (nSPS) is 11.1. The Bertz CT molecular complexity index is 621. The van der Waals surface area contributed by atoms with Crippen LogP contribution in [0.1, 0.15) is 0 Å². The smallest absolute Gasteiger partial charge is 0.197 e. The van der Waals surface area contributed by atoms with Gasteiger partial charge in [0.2, 0.25) is 0 Å². The van der Waals surface area contributed by atoms with Crippen LogP contribution in [0.3, 0.4) is 0 Å². The van der Waals surface area contributed by atoms with Crippen molar-refractivity contribution in [2.45, 2.75) is 0 Å². The van der Waals surface area contributed by atoms with Crippen LogP contribution in [-0.2, 0) is 0 Å². The zero-order valence-electron chi connectivity index (χ0n) is 7.37. The highest BCUT2D eigenvalue weighted by molar-refractivity contribution is 5.88. The number of aromatic nitrogens is 2. The zero-order chi connectivity index (χ0) is 9.54. The maximum absolute atomic E-state index is 11.9. The van der Waals surface area contributed by atoms with Crippen LogP contribution in [0.4, 0.5) is 0 Å². The van der Waals surface area contributed by atoms with Gasteiger partial charge in [-0.15, -0.1) is 0 Å². The summed E-state index contributed by atoms with van der Waals surface area (Å²) in [6.45, 7) is 0. The first-order valence-electron chi connectivity index (χ1n) is 4.43. The molecular weight excluding hydrogens is 176 g/mol. The van der Waals surface area contributed by atoms with Gasteiger partial charge in [-0.1, -0.05) is 0 Å². The van der Waals surface area contributed by atoms with Gasteiger partial charge in [-0.05, 0) is 23.8 Å². The molecule has 68 valence electrons. The van der Waals surface area contributed by atoms with E-state index in [1.807, 2.05) is 24.4 Å². The summed E-state index contributed by atoms with van der Waals surface area (Å²) in [5.41, 5.74) is 2.67. The second-order valence-corrected chi connectivity index (χ2v) is 3.29. The Balaban J connectivity index is 2.65. The number of hydrogen-bond acceptors (Lipinski definition) is 1. The molecule has 0 fully saturated rings. The summed E-state index contributed by atoms with van der Waals surface area (Å²) in [6, 6.07) is 5.70. The lowest BCUT2D eigenvalue weighted by Gasteiger charge is -2.02. The molecule has 0 saturated heterocycles. The van der Waals surface area contributed by atoms with Gasteiger partial charge in [0.25, 0.3) is 0 Å². The van der Waals surface area contributed by atoms with E-state index in [1.165, 1.54) is 0 Å². The average Bonchev–Trinajstić information content (AvgIpc) is 2.66. The molecule has 1 aromatic heterocycles. The lowest BCUT2D eigenvalue weighted by molar-refractivity contribution is 1.32. The van der Waals surface area contributed by atoms with Gasteiger partial charge in [0.15, 0.2) is 5.43 Å². The molecule has 0 saturated carbocycles. The van der Waals surface area contributed by atoms with E-state index in [9.17, 15) is 4.79 Å². The third-order valence-electron chi connectivity index (χ3n) is 2.47. The molecule has 1 aromatic rings. The Morgan fingerprint density at radius 3 is 3.00 bits per heavy atom. The highest BCUT2D eigenvalue weighted by atomic mass is 16.1. The molecule has 2 heterocycles. The Morgan fingerprint density at radius 2 is 2.07 bits per heavy atom. The minimum absolute atomic E-state index is 0.0793. The number of nitrogens with one attached hydrogen (secondary N) is 2. The first-order valence-corrected chi connectivity index (χ1v) is 4.43. The van der Waals surface area contributed by atoms with Crippen molar-refractivity contribution in [2.75, 3.05) is 0 Å².